The molecule has 3 aromatic heterocycles. The maximum absolute atomic E-state index is 5.88. The molecule has 0 saturated carbocycles. The van der Waals surface area contributed by atoms with E-state index in [1.165, 1.54) is 0 Å². The molecule has 3 rings (SSSR count). The molecule has 0 unspecified atom stereocenters. The third-order valence-electron chi connectivity index (χ3n) is 2.88. The lowest BCUT2D eigenvalue weighted by molar-refractivity contribution is 0.903. The summed E-state index contributed by atoms with van der Waals surface area (Å²) in [6, 6.07) is 5.89. The van der Waals surface area contributed by atoms with Crippen molar-refractivity contribution in [3.63, 3.8) is 0 Å². The van der Waals surface area contributed by atoms with Crippen LogP contribution in [0.5, 0.6) is 0 Å². The van der Waals surface area contributed by atoms with Crippen LogP contribution in [0.15, 0.2) is 41.8 Å². The van der Waals surface area contributed by atoms with E-state index in [-0.39, 0.29) is 0 Å². The SMILES string of the molecule is [B]c1cnn2c(NCc3cccnc3)cc(SC)nc12. The van der Waals surface area contributed by atoms with E-state index in [0.717, 1.165) is 16.4 Å². The predicted octanol–water partition coefficient (Wildman–Crippen LogP) is 1.25. The molecule has 20 heavy (non-hydrogen) atoms. The second-order valence-electron chi connectivity index (χ2n) is 4.23. The summed E-state index contributed by atoms with van der Waals surface area (Å²) in [6.45, 7) is 0.667. The smallest absolute Gasteiger partial charge is 0.151 e. The van der Waals surface area contributed by atoms with E-state index < -0.39 is 0 Å². The zero-order valence-electron chi connectivity index (χ0n) is 10.9. The molecule has 0 saturated heterocycles. The Kier molecular flexibility index (Phi) is 3.60. The summed E-state index contributed by atoms with van der Waals surface area (Å²) in [5.74, 6) is 0.861. The number of fused-ring (bicyclic) bond motifs is 1. The third-order valence-corrected chi connectivity index (χ3v) is 3.51. The molecule has 0 fully saturated rings. The Balaban J connectivity index is 1.94. The molecule has 1 N–H and O–H groups in total. The fraction of sp³-hybridized carbons (Fsp3) is 0.154. The van der Waals surface area contributed by atoms with Crippen molar-refractivity contribution in [2.45, 2.75) is 11.6 Å². The minimum Gasteiger partial charge on any atom is -0.366 e. The Morgan fingerprint density at radius 2 is 2.30 bits per heavy atom. The molecule has 0 spiro atoms. The van der Waals surface area contributed by atoms with Gasteiger partial charge in [0.25, 0.3) is 0 Å². The van der Waals surface area contributed by atoms with E-state index in [1.807, 2.05) is 30.7 Å². The van der Waals surface area contributed by atoms with Gasteiger partial charge in [-0.15, -0.1) is 11.8 Å². The van der Waals surface area contributed by atoms with E-state index in [2.05, 4.69) is 20.4 Å². The minimum absolute atomic E-state index is 0.574. The predicted molar refractivity (Wildman–Crippen MR) is 81.7 cm³/mol. The van der Waals surface area contributed by atoms with Crippen LogP contribution in [0.25, 0.3) is 5.65 Å². The van der Waals surface area contributed by atoms with E-state index >= 15 is 0 Å². The molecular formula is C13H12BN5S. The highest BCUT2D eigenvalue weighted by Crippen LogP contribution is 2.18. The first-order valence-corrected chi connectivity index (χ1v) is 7.31. The lowest BCUT2D eigenvalue weighted by Gasteiger charge is -2.10. The Labute approximate surface area is 122 Å². The Morgan fingerprint density at radius 3 is 3.05 bits per heavy atom. The quantitative estimate of drug-likeness (QED) is 0.443. The molecule has 0 bridgehead atoms. The van der Waals surface area contributed by atoms with Gasteiger partial charge in [-0.05, 0) is 23.3 Å². The van der Waals surface area contributed by atoms with Crippen LogP contribution in [0.1, 0.15) is 5.56 Å². The maximum Gasteiger partial charge on any atom is 0.151 e. The van der Waals surface area contributed by atoms with Crippen LogP contribution in [-0.4, -0.2) is 33.7 Å². The van der Waals surface area contributed by atoms with Crippen LogP contribution in [-0.2, 0) is 6.54 Å². The zero-order chi connectivity index (χ0) is 13.9. The summed E-state index contributed by atoms with van der Waals surface area (Å²) < 4.78 is 1.71. The maximum atomic E-state index is 5.88. The fourth-order valence-electron chi connectivity index (χ4n) is 1.88. The van der Waals surface area contributed by atoms with Crippen molar-refractivity contribution in [3.8, 4) is 0 Å². The number of aromatic nitrogens is 4. The molecule has 0 aliphatic rings. The number of nitrogens with one attached hydrogen (secondary N) is 1. The standard InChI is InChI=1S/C13H12BN5S/c1-20-12-5-11(16-7-9-3-2-4-15-6-9)19-13(18-12)10(14)8-17-19/h2-6,8,16H,7H2,1H3. The molecule has 3 heterocycles. The number of rotatable bonds is 4. The van der Waals surface area contributed by atoms with Crippen molar-refractivity contribution >= 4 is 36.5 Å². The molecule has 98 valence electrons. The van der Waals surface area contributed by atoms with E-state index in [1.54, 1.807) is 28.7 Å². The summed E-state index contributed by atoms with van der Waals surface area (Å²) in [4.78, 5) is 8.55. The van der Waals surface area contributed by atoms with Gasteiger partial charge in [-0.3, -0.25) is 4.98 Å². The molecular weight excluding hydrogens is 269 g/mol. The number of anilines is 1. The van der Waals surface area contributed by atoms with Crippen LogP contribution in [0, 0.1) is 0 Å². The molecule has 2 radical (unpaired) electrons. The van der Waals surface area contributed by atoms with Gasteiger partial charge in [0.15, 0.2) is 5.65 Å². The molecule has 3 aromatic rings. The van der Waals surface area contributed by atoms with E-state index in [4.69, 9.17) is 7.85 Å². The lowest BCUT2D eigenvalue weighted by atomic mass is 10.0. The van der Waals surface area contributed by atoms with E-state index in [9.17, 15) is 0 Å². The van der Waals surface area contributed by atoms with Crippen molar-refractivity contribution in [3.05, 3.63) is 42.4 Å². The third kappa shape index (κ3) is 2.49. The van der Waals surface area contributed by atoms with Gasteiger partial charge in [0.1, 0.15) is 18.7 Å². The van der Waals surface area contributed by atoms with Crippen molar-refractivity contribution in [1.82, 2.24) is 19.6 Å². The summed E-state index contributed by atoms with van der Waals surface area (Å²) in [7, 11) is 5.88. The normalized spacial score (nSPS) is 10.8. The zero-order valence-corrected chi connectivity index (χ0v) is 11.8. The average molecular weight is 281 g/mol. The Bertz CT molecular complexity index is 728. The number of hydrogen-bond acceptors (Lipinski definition) is 5. The number of thioether (sulfide) groups is 1. The molecule has 0 amide bonds. The fourth-order valence-corrected chi connectivity index (χ4v) is 2.29. The number of hydrogen-bond donors (Lipinski definition) is 1. The summed E-state index contributed by atoms with van der Waals surface area (Å²) in [5.41, 5.74) is 2.35. The van der Waals surface area contributed by atoms with Gasteiger partial charge in [-0.1, -0.05) is 6.07 Å². The molecule has 5 nitrogen and oxygen atoms in total. The van der Waals surface area contributed by atoms with Crippen molar-refractivity contribution in [2.24, 2.45) is 0 Å². The van der Waals surface area contributed by atoms with Gasteiger partial charge < -0.3 is 5.32 Å². The van der Waals surface area contributed by atoms with E-state index in [0.29, 0.717) is 17.7 Å². The summed E-state index contributed by atoms with van der Waals surface area (Å²) in [5, 5.41) is 8.49. The molecule has 7 heteroatoms. The second-order valence-corrected chi connectivity index (χ2v) is 5.06. The molecule has 0 aliphatic carbocycles. The molecule has 0 aliphatic heterocycles. The monoisotopic (exact) mass is 281 g/mol. The first-order chi connectivity index (χ1) is 9.78. The van der Waals surface area contributed by atoms with Crippen LogP contribution >= 0.6 is 11.8 Å². The number of nitrogens with zero attached hydrogens (tertiary/aromatic N) is 4. The van der Waals surface area contributed by atoms with Crippen molar-refractivity contribution in [1.29, 1.82) is 0 Å². The van der Waals surface area contributed by atoms with Gasteiger partial charge in [0.05, 0.1) is 0 Å². The van der Waals surface area contributed by atoms with Gasteiger partial charge in [-0.2, -0.15) is 9.61 Å². The lowest BCUT2D eigenvalue weighted by Crippen LogP contribution is -2.09. The summed E-state index contributed by atoms with van der Waals surface area (Å²) in [6.07, 6.45) is 7.18. The number of pyridine rings is 1. The highest BCUT2D eigenvalue weighted by molar-refractivity contribution is 7.98. The first-order valence-electron chi connectivity index (χ1n) is 6.09. The molecule has 0 atom stereocenters. The van der Waals surface area contributed by atoms with Gasteiger partial charge >= 0.3 is 0 Å². The average Bonchev–Trinajstić information content (AvgIpc) is 2.87. The largest absolute Gasteiger partial charge is 0.366 e. The Hall–Kier alpha value is -2.02. The van der Waals surface area contributed by atoms with Gasteiger partial charge in [-0.25, -0.2) is 4.98 Å². The minimum atomic E-state index is 0.574. The van der Waals surface area contributed by atoms with Crippen molar-refractivity contribution < 1.29 is 0 Å². The molecule has 0 aromatic carbocycles. The highest BCUT2D eigenvalue weighted by Gasteiger charge is 2.08. The first kappa shape index (κ1) is 13.0. The van der Waals surface area contributed by atoms with Crippen LogP contribution in [0.3, 0.4) is 0 Å². The van der Waals surface area contributed by atoms with Crippen LogP contribution in [0.4, 0.5) is 5.82 Å². The second kappa shape index (κ2) is 5.54. The Morgan fingerprint density at radius 1 is 1.40 bits per heavy atom. The highest BCUT2D eigenvalue weighted by atomic mass is 32.2. The summed E-state index contributed by atoms with van der Waals surface area (Å²) >= 11 is 1.57. The topological polar surface area (TPSA) is 55.1 Å². The van der Waals surface area contributed by atoms with Gasteiger partial charge in [0, 0.05) is 31.2 Å². The van der Waals surface area contributed by atoms with Crippen LogP contribution < -0.4 is 10.8 Å². The van der Waals surface area contributed by atoms with Crippen molar-refractivity contribution in [2.75, 3.05) is 11.6 Å². The van der Waals surface area contributed by atoms with Gasteiger partial charge in [0.2, 0.25) is 0 Å². The van der Waals surface area contributed by atoms with Crippen LogP contribution in [0.2, 0.25) is 0 Å².